The van der Waals surface area contributed by atoms with Crippen molar-refractivity contribution in [2.45, 2.75) is 63.6 Å². The molecule has 0 unspecified atom stereocenters. The summed E-state index contributed by atoms with van der Waals surface area (Å²) in [7, 11) is 3.53. The monoisotopic (exact) mass is 666 g/mol. The molecule has 4 aliphatic rings. The molecule has 12 heteroatoms. The van der Waals surface area contributed by atoms with E-state index < -0.39 is 0 Å². The molecular formula is C34H40Cl2N6O4. The molecule has 2 aliphatic carbocycles. The predicted molar refractivity (Wildman–Crippen MR) is 178 cm³/mol. The SMILES string of the molecule is COC1(C)CCN(C2=C(C#N)C(=O)Cc3cccnc32)CC1.COC1(C)CCNCC1.Cl.N#CC1=C(Cl)c2ncccc2CC1=O. The van der Waals surface area contributed by atoms with Crippen LogP contribution >= 0.6 is 24.0 Å². The fourth-order valence-electron chi connectivity index (χ4n) is 5.69. The Morgan fingerprint density at radius 1 is 0.826 bits per heavy atom. The van der Waals surface area contributed by atoms with Crippen molar-refractivity contribution in [3.05, 3.63) is 70.3 Å². The normalized spacial score (nSPS) is 19.5. The number of halogens is 2. The number of carbonyl (C=O) groups is 2. The van der Waals surface area contributed by atoms with Gasteiger partial charge in [-0.1, -0.05) is 23.7 Å². The molecule has 46 heavy (non-hydrogen) atoms. The van der Waals surface area contributed by atoms with Gasteiger partial charge >= 0.3 is 0 Å². The Kier molecular flexibility index (Phi) is 13.0. The highest BCUT2D eigenvalue weighted by Crippen LogP contribution is 2.35. The Bertz CT molecular complexity index is 1580. The number of pyridine rings is 2. The molecule has 2 aromatic rings. The molecule has 244 valence electrons. The van der Waals surface area contributed by atoms with Gasteiger partial charge < -0.3 is 19.7 Å². The standard InChI is InChI=1S/C17H19N3O2.C10H5ClN2O.C7H15NO.ClH/c1-17(22-2)5-8-20(9-6-17)16-13(11-18)14(21)10-12-4-3-7-19-15(12)16;11-9-7(5-12)8(14)4-6-2-1-3-13-10(6)9;1-7(9-2)3-5-8-6-4-7;/h3-4,7H,5-6,8-10H2,1-2H3;1-3H,4H2;8H,3-6H2,1-2H3;1H. The van der Waals surface area contributed by atoms with Crippen LogP contribution in [-0.2, 0) is 31.9 Å². The maximum Gasteiger partial charge on any atom is 0.180 e. The number of methoxy groups -OCH3 is 2. The van der Waals surface area contributed by atoms with Crippen molar-refractivity contribution in [2.24, 2.45) is 0 Å². The molecule has 0 radical (unpaired) electrons. The summed E-state index contributed by atoms with van der Waals surface area (Å²) in [6.45, 7) is 7.99. The van der Waals surface area contributed by atoms with Crippen molar-refractivity contribution in [1.29, 1.82) is 10.5 Å². The largest absolute Gasteiger partial charge is 0.378 e. The minimum atomic E-state index is -0.238. The lowest BCUT2D eigenvalue weighted by Gasteiger charge is -2.41. The molecule has 0 aromatic carbocycles. The lowest BCUT2D eigenvalue weighted by molar-refractivity contribution is -0.115. The first-order valence-electron chi connectivity index (χ1n) is 15.0. The van der Waals surface area contributed by atoms with Crippen LogP contribution in [0.1, 0.15) is 62.0 Å². The maximum atomic E-state index is 12.3. The number of hydrogen-bond acceptors (Lipinski definition) is 10. The van der Waals surface area contributed by atoms with Gasteiger partial charge in [0.2, 0.25) is 0 Å². The highest BCUT2D eigenvalue weighted by Gasteiger charge is 2.35. The molecule has 6 rings (SSSR count). The zero-order valence-electron chi connectivity index (χ0n) is 26.7. The number of hydrogen-bond donors (Lipinski definition) is 1. The van der Waals surface area contributed by atoms with Crippen molar-refractivity contribution >= 4 is 46.3 Å². The second-order valence-electron chi connectivity index (χ2n) is 11.9. The number of ketones is 2. The number of nitriles is 2. The number of allylic oxidation sites excluding steroid dienone is 2. The number of rotatable bonds is 3. The van der Waals surface area contributed by atoms with Crippen LogP contribution in [-0.4, -0.2) is 78.0 Å². The lowest BCUT2D eigenvalue weighted by atomic mass is 9.88. The van der Waals surface area contributed by atoms with Crippen molar-refractivity contribution in [3.8, 4) is 12.1 Å². The van der Waals surface area contributed by atoms with Gasteiger partial charge in [0.05, 0.1) is 33.3 Å². The van der Waals surface area contributed by atoms with Crippen molar-refractivity contribution in [1.82, 2.24) is 20.2 Å². The highest BCUT2D eigenvalue weighted by atomic mass is 35.5. The summed E-state index contributed by atoms with van der Waals surface area (Å²) in [6, 6.07) is 11.2. The molecule has 2 aromatic heterocycles. The number of ether oxygens (including phenoxy) is 2. The van der Waals surface area contributed by atoms with E-state index in [0.717, 1.165) is 68.7 Å². The average Bonchev–Trinajstić information content (AvgIpc) is 3.06. The van der Waals surface area contributed by atoms with Crippen LogP contribution in [0.2, 0.25) is 0 Å². The summed E-state index contributed by atoms with van der Waals surface area (Å²) in [6.07, 6.45) is 7.79. The van der Waals surface area contributed by atoms with E-state index in [1.165, 1.54) is 0 Å². The Hall–Kier alpha value is -3.64. The lowest BCUT2D eigenvalue weighted by Crippen LogP contribution is -2.44. The molecule has 1 N–H and O–H groups in total. The number of Topliss-reactive ketones (excluding diaryl/α,β-unsaturated/α-hetero) is 2. The van der Waals surface area contributed by atoms with E-state index in [9.17, 15) is 14.9 Å². The summed E-state index contributed by atoms with van der Waals surface area (Å²) in [5.74, 6) is -0.351. The Morgan fingerprint density at radius 2 is 1.30 bits per heavy atom. The van der Waals surface area contributed by atoms with E-state index in [1.54, 1.807) is 44.8 Å². The summed E-state index contributed by atoms with van der Waals surface area (Å²) in [5.41, 5.74) is 3.99. The average molecular weight is 668 g/mol. The van der Waals surface area contributed by atoms with Crippen molar-refractivity contribution in [2.75, 3.05) is 40.4 Å². The molecule has 0 spiro atoms. The molecule has 0 atom stereocenters. The second kappa shape index (κ2) is 16.3. The number of nitrogens with zero attached hydrogens (tertiary/aromatic N) is 5. The second-order valence-corrected chi connectivity index (χ2v) is 12.3. The van der Waals surface area contributed by atoms with Crippen LogP contribution in [0.25, 0.3) is 10.7 Å². The van der Waals surface area contributed by atoms with E-state index in [1.807, 2.05) is 12.1 Å². The van der Waals surface area contributed by atoms with E-state index >= 15 is 0 Å². The fraction of sp³-hybridized carbons (Fsp3) is 0.471. The molecular weight excluding hydrogens is 627 g/mol. The Labute approximate surface area is 281 Å². The van der Waals surface area contributed by atoms with Crippen molar-refractivity contribution in [3.63, 3.8) is 0 Å². The molecule has 4 heterocycles. The van der Waals surface area contributed by atoms with Gasteiger partial charge in [0, 0.05) is 52.5 Å². The third-order valence-electron chi connectivity index (χ3n) is 8.94. The first kappa shape index (κ1) is 36.8. The van der Waals surface area contributed by atoms with Crippen LogP contribution in [0.3, 0.4) is 0 Å². The quantitative estimate of drug-likeness (QED) is 0.485. The first-order valence-corrected chi connectivity index (χ1v) is 15.4. The molecule has 0 bridgehead atoms. The van der Waals surface area contributed by atoms with E-state index in [0.29, 0.717) is 11.4 Å². The number of nitrogens with one attached hydrogen (secondary N) is 1. The van der Waals surface area contributed by atoms with E-state index in [2.05, 4.69) is 40.1 Å². The van der Waals surface area contributed by atoms with E-state index in [4.69, 9.17) is 26.3 Å². The number of aromatic nitrogens is 2. The van der Waals surface area contributed by atoms with Crippen LogP contribution in [0.5, 0.6) is 0 Å². The third kappa shape index (κ3) is 8.38. The van der Waals surface area contributed by atoms with Gasteiger partial charge in [-0.3, -0.25) is 19.6 Å². The minimum absolute atomic E-state index is 0. The minimum Gasteiger partial charge on any atom is -0.378 e. The topological polar surface area (TPSA) is 141 Å². The maximum absolute atomic E-state index is 12.3. The fourth-order valence-corrected chi connectivity index (χ4v) is 6.01. The van der Waals surface area contributed by atoms with Gasteiger partial charge in [-0.2, -0.15) is 10.5 Å². The van der Waals surface area contributed by atoms with Crippen LogP contribution in [0.4, 0.5) is 0 Å². The van der Waals surface area contributed by atoms with Gasteiger partial charge in [0.15, 0.2) is 11.6 Å². The van der Waals surface area contributed by atoms with Crippen molar-refractivity contribution < 1.29 is 19.1 Å². The number of likely N-dealkylation sites (tertiary alicyclic amines) is 1. The molecule has 10 nitrogen and oxygen atoms in total. The van der Waals surface area contributed by atoms with Gasteiger partial charge in [0.25, 0.3) is 0 Å². The number of piperidine rings is 2. The van der Waals surface area contributed by atoms with Gasteiger partial charge in [-0.05, 0) is 75.9 Å². The highest BCUT2D eigenvalue weighted by molar-refractivity contribution is 6.52. The summed E-state index contributed by atoms with van der Waals surface area (Å²) >= 11 is 5.88. The number of carbonyl (C=O) groups excluding carboxylic acids is 2. The zero-order chi connectivity index (χ0) is 32.6. The summed E-state index contributed by atoms with van der Waals surface area (Å²) in [5, 5.41) is 21.6. The van der Waals surface area contributed by atoms with Crippen LogP contribution in [0.15, 0.2) is 47.8 Å². The zero-order valence-corrected chi connectivity index (χ0v) is 28.3. The summed E-state index contributed by atoms with van der Waals surface area (Å²) in [4.78, 5) is 34.3. The molecule has 0 saturated carbocycles. The van der Waals surface area contributed by atoms with E-state index in [-0.39, 0.29) is 64.2 Å². The molecule has 0 amide bonds. The predicted octanol–water partition coefficient (Wildman–Crippen LogP) is 4.82. The number of fused-ring (bicyclic) bond motifs is 2. The third-order valence-corrected chi connectivity index (χ3v) is 9.31. The molecule has 2 saturated heterocycles. The smallest absolute Gasteiger partial charge is 0.180 e. The summed E-state index contributed by atoms with van der Waals surface area (Å²) < 4.78 is 10.9. The van der Waals surface area contributed by atoms with Gasteiger partial charge in [0.1, 0.15) is 23.3 Å². The van der Waals surface area contributed by atoms with Crippen LogP contribution < -0.4 is 5.32 Å². The Balaban J connectivity index is 0.000000205. The Morgan fingerprint density at radius 3 is 1.80 bits per heavy atom. The van der Waals surface area contributed by atoms with Gasteiger partial charge in [-0.15, -0.1) is 12.4 Å². The molecule has 2 aliphatic heterocycles. The molecule has 2 fully saturated rings. The van der Waals surface area contributed by atoms with Gasteiger partial charge in [-0.25, -0.2) is 0 Å². The van der Waals surface area contributed by atoms with Crippen LogP contribution in [0, 0.1) is 22.7 Å². The first-order chi connectivity index (χ1) is 21.6.